The molecule has 5 rings (SSSR count). The Labute approximate surface area is 194 Å². The molecule has 0 bridgehead atoms. The number of benzene rings is 2. The van der Waals surface area contributed by atoms with Crippen LogP contribution in [0.3, 0.4) is 0 Å². The van der Waals surface area contributed by atoms with Gasteiger partial charge in [0.25, 0.3) is 0 Å². The standard InChI is InChI=1S/C25H23N5O4/c1-17(18-9-4-2-5-10-18)28-22(19-15-26-27(16-19)20-11-6-3-7-12-20)23(30(33)34)24(31)29(25(28)32)21-13-8-14-21/h2-7,9-12,15-17,21H,8,13-14H2,1H3. The van der Waals surface area contributed by atoms with Gasteiger partial charge in [-0.15, -0.1) is 0 Å². The van der Waals surface area contributed by atoms with Crippen LogP contribution in [0.4, 0.5) is 5.69 Å². The quantitative estimate of drug-likeness (QED) is 0.320. The van der Waals surface area contributed by atoms with Gasteiger partial charge < -0.3 is 0 Å². The van der Waals surface area contributed by atoms with Crippen molar-refractivity contribution < 1.29 is 4.92 Å². The molecule has 4 aromatic rings. The first kappa shape index (κ1) is 21.6. The fourth-order valence-corrected chi connectivity index (χ4v) is 4.44. The number of hydrogen-bond donors (Lipinski definition) is 0. The Kier molecular flexibility index (Phi) is 5.45. The van der Waals surface area contributed by atoms with Crippen molar-refractivity contribution in [3.05, 3.63) is 110 Å². The lowest BCUT2D eigenvalue weighted by Crippen LogP contribution is -2.46. The highest BCUT2D eigenvalue weighted by Crippen LogP contribution is 2.34. The highest BCUT2D eigenvalue weighted by atomic mass is 16.6. The average Bonchev–Trinajstić information content (AvgIpc) is 3.30. The maximum Gasteiger partial charge on any atom is 0.358 e. The predicted octanol–water partition coefficient (Wildman–Crippen LogP) is 4.11. The molecule has 0 saturated heterocycles. The second-order valence-electron chi connectivity index (χ2n) is 8.46. The zero-order valence-electron chi connectivity index (χ0n) is 18.6. The van der Waals surface area contributed by atoms with Crippen molar-refractivity contribution in [3.63, 3.8) is 0 Å². The van der Waals surface area contributed by atoms with E-state index in [1.54, 1.807) is 17.8 Å². The molecule has 1 aliphatic rings. The molecule has 1 atom stereocenters. The fraction of sp³-hybridized carbons (Fsp3) is 0.240. The average molecular weight is 457 g/mol. The molecule has 1 fully saturated rings. The van der Waals surface area contributed by atoms with Gasteiger partial charge in [-0.1, -0.05) is 48.5 Å². The van der Waals surface area contributed by atoms with Gasteiger partial charge in [0.2, 0.25) is 0 Å². The molecule has 172 valence electrons. The summed E-state index contributed by atoms with van der Waals surface area (Å²) in [7, 11) is 0. The number of para-hydroxylation sites is 1. The van der Waals surface area contributed by atoms with Gasteiger partial charge in [-0.25, -0.2) is 9.48 Å². The summed E-state index contributed by atoms with van der Waals surface area (Å²) >= 11 is 0. The lowest BCUT2D eigenvalue weighted by molar-refractivity contribution is -0.386. The van der Waals surface area contributed by atoms with Crippen LogP contribution < -0.4 is 11.2 Å². The molecule has 2 heterocycles. The van der Waals surface area contributed by atoms with Crippen molar-refractivity contribution in [2.75, 3.05) is 0 Å². The second-order valence-corrected chi connectivity index (χ2v) is 8.46. The van der Waals surface area contributed by atoms with Crippen molar-refractivity contribution in [3.8, 4) is 16.9 Å². The van der Waals surface area contributed by atoms with E-state index in [1.165, 1.54) is 10.8 Å². The molecule has 2 aromatic carbocycles. The van der Waals surface area contributed by atoms with E-state index in [4.69, 9.17) is 0 Å². The van der Waals surface area contributed by atoms with E-state index in [2.05, 4.69) is 5.10 Å². The van der Waals surface area contributed by atoms with Crippen molar-refractivity contribution in [1.82, 2.24) is 18.9 Å². The number of hydrogen-bond acceptors (Lipinski definition) is 5. The number of nitrogens with zero attached hydrogens (tertiary/aromatic N) is 5. The Morgan fingerprint density at radius 2 is 1.68 bits per heavy atom. The molecule has 1 unspecified atom stereocenters. The van der Waals surface area contributed by atoms with E-state index >= 15 is 0 Å². The Morgan fingerprint density at radius 3 is 2.26 bits per heavy atom. The van der Waals surface area contributed by atoms with Crippen molar-refractivity contribution in [1.29, 1.82) is 0 Å². The van der Waals surface area contributed by atoms with Gasteiger partial charge in [-0.3, -0.25) is 24.0 Å². The van der Waals surface area contributed by atoms with Crippen LogP contribution >= 0.6 is 0 Å². The Morgan fingerprint density at radius 1 is 1.03 bits per heavy atom. The van der Waals surface area contributed by atoms with Gasteiger partial charge in [0.05, 0.1) is 22.8 Å². The minimum absolute atomic E-state index is 0.0332. The summed E-state index contributed by atoms with van der Waals surface area (Å²) in [6.45, 7) is 1.81. The smallest absolute Gasteiger partial charge is 0.279 e. The van der Waals surface area contributed by atoms with E-state index < -0.39 is 27.9 Å². The Hall–Kier alpha value is -4.27. The summed E-state index contributed by atoms with van der Waals surface area (Å²) in [5, 5.41) is 16.6. The van der Waals surface area contributed by atoms with Crippen molar-refractivity contribution >= 4 is 5.69 Å². The molecule has 1 saturated carbocycles. The molecular formula is C25H23N5O4. The maximum absolute atomic E-state index is 13.8. The highest BCUT2D eigenvalue weighted by Gasteiger charge is 2.35. The summed E-state index contributed by atoms with van der Waals surface area (Å²) in [5.41, 5.74) is -0.166. The van der Waals surface area contributed by atoms with Crippen LogP contribution in [0.25, 0.3) is 16.9 Å². The Bertz CT molecular complexity index is 1470. The molecule has 34 heavy (non-hydrogen) atoms. The molecule has 0 aliphatic heterocycles. The lowest BCUT2D eigenvalue weighted by atomic mass is 9.93. The number of rotatable bonds is 6. The number of aromatic nitrogens is 4. The summed E-state index contributed by atoms with van der Waals surface area (Å²) in [6.07, 6.45) is 5.24. The Balaban J connectivity index is 1.81. The van der Waals surface area contributed by atoms with Gasteiger partial charge in [0.1, 0.15) is 5.69 Å². The monoisotopic (exact) mass is 457 g/mol. The maximum atomic E-state index is 13.8. The molecule has 9 nitrogen and oxygen atoms in total. The minimum Gasteiger partial charge on any atom is -0.279 e. The summed E-state index contributed by atoms with van der Waals surface area (Å²) < 4.78 is 4.02. The first-order chi connectivity index (χ1) is 16.5. The van der Waals surface area contributed by atoms with Crippen molar-refractivity contribution in [2.45, 2.75) is 38.3 Å². The van der Waals surface area contributed by atoms with Crippen LogP contribution in [0, 0.1) is 10.1 Å². The first-order valence-electron chi connectivity index (χ1n) is 11.2. The molecule has 0 N–H and O–H groups in total. The van der Waals surface area contributed by atoms with Crippen LogP contribution in [0.5, 0.6) is 0 Å². The topological polar surface area (TPSA) is 105 Å². The molecule has 1 aliphatic carbocycles. The molecule has 2 aromatic heterocycles. The first-order valence-corrected chi connectivity index (χ1v) is 11.2. The van der Waals surface area contributed by atoms with E-state index in [1.807, 2.05) is 60.7 Å². The van der Waals surface area contributed by atoms with Crippen LogP contribution in [-0.4, -0.2) is 23.8 Å². The molecule has 0 radical (unpaired) electrons. The molecule has 0 spiro atoms. The lowest BCUT2D eigenvalue weighted by Gasteiger charge is -2.29. The zero-order valence-corrected chi connectivity index (χ0v) is 18.6. The van der Waals surface area contributed by atoms with E-state index in [0.29, 0.717) is 18.4 Å². The predicted molar refractivity (Wildman–Crippen MR) is 127 cm³/mol. The highest BCUT2D eigenvalue weighted by molar-refractivity contribution is 5.69. The third-order valence-electron chi connectivity index (χ3n) is 6.47. The summed E-state index contributed by atoms with van der Waals surface area (Å²) in [6, 6.07) is 17.7. The van der Waals surface area contributed by atoms with E-state index in [-0.39, 0.29) is 11.7 Å². The third-order valence-corrected chi connectivity index (χ3v) is 6.47. The summed E-state index contributed by atoms with van der Waals surface area (Å²) in [5.74, 6) is 0. The fourth-order valence-electron chi connectivity index (χ4n) is 4.44. The third kappa shape index (κ3) is 3.55. The zero-order chi connectivity index (χ0) is 23.8. The largest absolute Gasteiger partial charge is 0.358 e. The van der Waals surface area contributed by atoms with Crippen LogP contribution in [0.1, 0.15) is 43.8 Å². The van der Waals surface area contributed by atoms with Gasteiger partial charge >= 0.3 is 16.9 Å². The van der Waals surface area contributed by atoms with Crippen LogP contribution in [0.15, 0.2) is 82.6 Å². The molecular weight excluding hydrogens is 434 g/mol. The van der Waals surface area contributed by atoms with E-state index in [0.717, 1.165) is 22.2 Å². The van der Waals surface area contributed by atoms with Gasteiger partial charge in [-0.2, -0.15) is 5.10 Å². The molecule has 9 heteroatoms. The summed E-state index contributed by atoms with van der Waals surface area (Å²) in [4.78, 5) is 38.7. The van der Waals surface area contributed by atoms with Gasteiger partial charge in [0, 0.05) is 17.8 Å². The minimum atomic E-state index is -0.862. The van der Waals surface area contributed by atoms with E-state index in [9.17, 15) is 19.7 Å². The number of nitro groups is 1. The van der Waals surface area contributed by atoms with Gasteiger partial charge in [0.15, 0.2) is 0 Å². The normalized spacial score (nSPS) is 14.5. The molecule has 0 amide bonds. The van der Waals surface area contributed by atoms with Crippen LogP contribution in [0.2, 0.25) is 0 Å². The van der Waals surface area contributed by atoms with Gasteiger partial charge in [-0.05, 0) is 43.9 Å². The second kappa shape index (κ2) is 8.58. The SMILES string of the molecule is CC(c1ccccc1)n1c(-c2cnn(-c3ccccc3)c2)c([N+](=O)[O-])c(=O)n(C2CCC2)c1=O. The van der Waals surface area contributed by atoms with Crippen molar-refractivity contribution in [2.24, 2.45) is 0 Å². The van der Waals surface area contributed by atoms with Crippen LogP contribution in [-0.2, 0) is 0 Å².